The summed E-state index contributed by atoms with van der Waals surface area (Å²) < 4.78 is 10.1. The fraction of sp³-hybridized carbons (Fsp3) is 0.222. The third-order valence-corrected chi connectivity index (χ3v) is 3.61. The van der Waals surface area contributed by atoms with Crippen LogP contribution in [0.25, 0.3) is 0 Å². The van der Waals surface area contributed by atoms with Gasteiger partial charge in [-0.25, -0.2) is 9.97 Å². The van der Waals surface area contributed by atoms with Crippen molar-refractivity contribution in [3.63, 3.8) is 0 Å². The van der Waals surface area contributed by atoms with E-state index >= 15 is 0 Å². The second-order valence-electron chi connectivity index (χ2n) is 5.60. The van der Waals surface area contributed by atoms with Gasteiger partial charge in [-0.15, -0.1) is 0 Å². The van der Waals surface area contributed by atoms with Crippen LogP contribution in [0, 0.1) is 6.92 Å². The molecule has 0 saturated heterocycles. The number of aromatic nitrogens is 3. The van der Waals surface area contributed by atoms with Crippen molar-refractivity contribution in [2.45, 2.75) is 13.3 Å². The molecule has 1 aromatic carbocycles. The molecule has 134 valence electrons. The van der Waals surface area contributed by atoms with Gasteiger partial charge in [0, 0.05) is 25.0 Å². The van der Waals surface area contributed by atoms with E-state index in [-0.39, 0.29) is 5.91 Å². The third-order valence-electron chi connectivity index (χ3n) is 3.61. The van der Waals surface area contributed by atoms with Gasteiger partial charge in [-0.1, -0.05) is 17.3 Å². The van der Waals surface area contributed by atoms with E-state index in [1.54, 1.807) is 20.1 Å². The summed E-state index contributed by atoms with van der Waals surface area (Å²) in [7, 11) is 1.65. The lowest BCUT2D eigenvalue weighted by Crippen LogP contribution is -2.14. The molecule has 0 aliphatic heterocycles. The van der Waals surface area contributed by atoms with E-state index in [1.807, 2.05) is 24.3 Å². The maximum absolute atomic E-state index is 12.1. The van der Waals surface area contributed by atoms with Crippen LogP contribution < -0.4 is 15.4 Å². The molecule has 0 aliphatic rings. The van der Waals surface area contributed by atoms with Crippen LogP contribution in [-0.2, 0) is 6.42 Å². The molecule has 1 amide bonds. The first-order chi connectivity index (χ1) is 12.6. The maximum atomic E-state index is 12.1. The lowest BCUT2D eigenvalue weighted by molar-refractivity contribution is 0.102. The normalized spacial score (nSPS) is 10.4. The first-order valence-corrected chi connectivity index (χ1v) is 8.07. The van der Waals surface area contributed by atoms with Crippen LogP contribution in [0.2, 0.25) is 0 Å². The Labute approximate surface area is 150 Å². The molecule has 0 radical (unpaired) electrons. The molecule has 0 aliphatic carbocycles. The summed E-state index contributed by atoms with van der Waals surface area (Å²) in [6.07, 6.45) is 3.72. The lowest BCUT2D eigenvalue weighted by atomic mass is 10.1. The zero-order valence-corrected chi connectivity index (χ0v) is 14.5. The number of carbonyl (C=O) groups is 1. The molecule has 3 rings (SSSR count). The van der Waals surface area contributed by atoms with Crippen LogP contribution in [0.15, 0.2) is 47.2 Å². The van der Waals surface area contributed by atoms with Gasteiger partial charge in [0.25, 0.3) is 5.91 Å². The molecule has 8 nitrogen and oxygen atoms in total. The minimum atomic E-state index is -0.346. The zero-order valence-electron chi connectivity index (χ0n) is 14.5. The Kier molecular flexibility index (Phi) is 5.43. The van der Waals surface area contributed by atoms with Crippen LogP contribution in [0.4, 0.5) is 11.8 Å². The Bertz CT molecular complexity index is 877. The van der Waals surface area contributed by atoms with E-state index in [2.05, 4.69) is 25.8 Å². The number of hydrogen-bond donors (Lipinski definition) is 2. The number of nitrogens with zero attached hydrogens (tertiary/aromatic N) is 3. The lowest BCUT2D eigenvalue weighted by Gasteiger charge is -2.07. The minimum Gasteiger partial charge on any atom is -0.497 e. The molecule has 0 spiro atoms. The second kappa shape index (κ2) is 8.11. The van der Waals surface area contributed by atoms with E-state index < -0.39 is 0 Å². The van der Waals surface area contributed by atoms with Crippen LogP contribution in [0.3, 0.4) is 0 Å². The van der Waals surface area contributed by atoms with Gasteiger partial charge in [0.15, 0.2) is 5.82 Å². The molecule has 0 unspecified atom stereocenters. The molecule has 0 fully saturated rings. The van der Waals surface area contributed by atoms with Gasteiger partial charge in [0.2, 0.25) is 5.95 Å². The van der Waals surface area contributed by atoms with Crippen molar-refractivity contribution in [2.75, 3.05) is 24.3 Å². The molecule has 2 N–H and O–H groups in total. The molecule has 0 saturated carbocycles. The van der Waals surface area contributed by atoms with Crippen molar-refractivity contribution in [3.05, 3.63) is 59.6 Å². The Morgan fingerprint density at radius 2 is 2.04 bits per heavy atom. The molecule has 3 aromatic rings. The first kappa shape index (κ1) is 17.4. The van der Waals surface area contributed by atoms with Crippen molar-refractivity contribution in [1.82, 2.24) is 15.1 Å². The quantitative estimate of drug-likeness (QED) is 0.673. The fourth-order valence-corrected chi connectivity index (χ4v) is 2.30. The number of methoxy groups -OCH3 is 1. The van der Waals surface area contributed by atoms with Gasteiger partial charge >= 0.3 is 0 Å². The minimum absolute atomic E-state index is 0.337. The summed E-state index contributed by atoms with van der Waals surface area (Å²) in [6, 6.07) is 9.51. The highest BCUT2D eigenvalue weighted by atomic mass is 16.5. The van der Waals surface area contributed by atoms with E-state index in [0.29, 0.717) is 29.6 Å². The molecule has 0 atom stereocenters. The molecule has 2 heterocycles. The van der Waals surface area contributed by atoms with Gasteiger partial charge in [-0.3, -0.25) is 4.79 Å². The summed E-state index contributed by atoms with van der Waals surface area (Å²) >= 11 is 0. The number of carbonyl (C=O) groups excluding carboxylic acids is 1. The van der Waals surface area contributed by atoms with Crippen molar-refractivity contribution < 1.29 is 14.1 Å². The smallest absolute Gasteiger partial charge is 0.260 e. The number of amides is 1. The van der Waals surface area contributed by atoms with Gasteiger partial charge in [0.05, 0.1) is 12.7 Å². The highest BCUT2D eigenvalue weighted by Crippen LogP contribution is 2.13. The predicted octanol–water partition coefficient (Wildman–Crippen LogP) is 2.69. The number of aryl methyl sites for hydroxylation is 1. The fourth-order valence-electron chi connectivity index (χ4n) is 2.30. The molecule has 0 bridgehead atoms. The average molecular weight is 353 g/mol. The molecule has 26 heavy (non-hydrogen) atoms. The summed E-state index contributed by atoms with van der Waals surface area (Å²) in [5, 5.41) is 9.46. The number of ether oxygens (including phenoxy) is 1. The van der Waals surface area contributed by atoms with Gasteiger partial charge in [-0.2, -0.15) is 0 Å². The van der Waals surface area contributed by atoms with E-state index in [9.17, 15) is 4.79 Å². The summed E-state index contributed by atoms with van der Waals surface area (Å²) in [6.45, 7) is 2.41. The highest BCUT2D eigenvalue weighted by Gasteiger charge is 2.10. The molecule has 2 aromatic heterocycles. The van der Waals surface area contributed by atoms with Gasteiger partial charge < -0.3 is 19.9 Å². The summed E-state index contributed by atoms with van der Waals surface area (Å²) in [5.74, 6) is 1.92. The Hall–Kier alpha value is -3.42. The average Bonchev–Trinajstić information content (AvgIpc) is 3.07. The molecular weight excluding hydrogens is 334 g/mol. The number of anilines is 2. The highest BCUT2D eigenvalue weighted by molar-refractivity contribution is 6.03. The number of hydrogen-bond acceptors (Lipinski definition) is 7. The topological polar surface area (TPSA) is 102 Å². The summed E-state index contributed by atoms with van der Waals surface area (Å²) in [4.78, 5) is 20.4. The second-order valence-corrected chi connectivity index (χ2v) is 5.60. The van der Waals surface area contributed by atoms with Gasteiger partial charge in [-0.05, 0) is 31.0 Å². The van der Waals surface area contributed by atoms with Crippen molar-refractivity contribution >= 4 is 17.7 Å². The first-order valence-electron chi connectivity index (χ1n) is 8.07. The predicted molar refractivity (Wildman–Crippen MR) is 96.4 cm³/mol. The van der Waals surface area contributed by atoms with Crippen LogP contribution in [-0.4, -0.2) is 34.7 Å². The molecule has 8 heteroatoms. The monoisotopic (exact) mass is 353 g/mol. The SMILES string of the molecule is COc1cccc(CCNc2ncc(C(=O)Nc3cc(C)on3)cn2)c1. The summed E-state index contributed by atoms with van der Waals surface area (Å²) in [5.41, 5.74) is 1.49. The maximum Gasteiger partial charge on any atom is 0.260 e. The van der Waals surface area contributed by atoms with Crippen molar-refractivity contribution in [2.24, 2.45) is 0 Å². The van der Waals surface area contributed by atoms with Crippen LogP contribution in [0.5, 0.6) is 5.75 Å². The Morgan fingerprint density at radius 1 is 1.23 bits per heavy atom. The zero-order chi connectivity index (χ0) is 18.4. The number of rotatable bonds is 7. The van der Waals surface area contributed by atoms with Crippen LogP contribution in [0.1, 0.15) is 21.7 Å². The van der Waals surface area contributed by atoms with Crippen molar-refractivity contribution in [1.29, 1.82) is 0 Å². The molecular formula is C18H19N5O3. The van der Waals surface area contributed by atoms with E-state index in [4.69, 9.17) is 9.26 Å². The number of benzene rings is 1. The van der Waals surface area contributed by atoms with E-state index in [0.717, 1.165) is 17.7 Å². The Balaban J connectivity index is 1.51. The van der Waals surface area contributed by atoms with Crippen molar-refractivity contribution in [3.8, 4) is 5.75 Å². The number of nitrogens with one attached hydrogen (secondary N) is 2. The largest absolute Gasteiger partial charge is 0.497 e. The van der Waals surface area contributed by atoms with Crippen LogP contribution >= 0.6 is 0 Å². The third kappa shape index (κ3) is 4.56. The van der Waals surface area contributed by atoms with E-state index in [1.165, 1.54) is 12.4 Å². The Morgan fingerprint density at radius 3 is 2.73 bits per heavy atom. The standard InChI is InChI=1S/C18H19N5O3/c1-12-8-16(23-26-12)22-17(24)14-10-20-18(21-11-14)19-7-6-13-4-3-5-15(9-13)25-2/h3-5,8-11H,6-7H2,1-2H3,(H,19,20,21)(H,22,23,24). The van der Waals surface area contributed by atoms with Gasteiger partial charge in [0.1, 0.15) is 11.5 Å².